The van der Waals surface area contributed by atoms with Gasteiger partial charge in [0, 0.05) is 22.9 Å². The largest absolute Gasteiger partial charge is 0.496 e. The second kappa shape index (κ2) is 8.30. The topological polar surface area (TPSA) is 31.4 Å². The first-order valence-corrected chi connectivity index (χ1v) is 9.39. The highest BCUT2D eigenvalue weighted by Gasteiger charge is 2.23. The van der Waals surface area contributed by atoms with Crippen LogP contribution >= 0.6 is 0 Å². The Morgan fingerprint density at radius 3 is 2.25 bits per heavy atom. The molecule has 0 aliphatic rings. The van der Waals surface area contributed by atoms with Gasteiger partial charge < -0.3 is 9.47 Å². The van der Waals surface area contributed by atoms with E-state index in [9.17, 15) is 0 Å². The lowest BCUT2D eigenvalue weighted by molar-refractivity contribution is 0.396. The highest BCUT2D eigenvalue weighted by atomic mass is 16.5. The maximum absolute atomic E-state index is 5.84. The number of hydrogen-bond acceptors (Lipinski definition) is 3. The molecule has 0 saturated heterocycles. The van der Waals surface area contributed by atoms with E-state index in [0.717, 1.165) is 33.6 Å². The molecule has 3 nitrogen and oxygen atoms in total. The smallest absolute Gasteiger partial charge is 0.221 e. The van der Waals surface area contributed by atoms with Gasteiger partial charge in [0.1, 0.15) is 5.75 Å². The Morgan fingerprint density at radius 1 is 0.857 bits per heavy atom. The summed E-state index contributed by atoms with van der Waals surface area (Å²) < 4.78 is 11.3. The predicted molar refractivity (Wildman–Crippen MR) is 117 cm³/mol. The van der Waals surface area contributed by atoms with E-state index in [0.29, 0.717) is 5.88 Å². The minimum atomic E-state index is -0.0772. The zero-order valence-electron chi connectivity index (χ0n) is 17.2. The third-order valence-electron chi connectivity index (χ3n) is 4.66. The molecule has 3 aromatic rings. The summed E-state index contributed by atoms with van der Waals surface area (Å²) in [5.41, 5.74) is 5.26. The molecular formula is C25H27NO2. The molecule has 0 fully saturated rings. The number of ether oxygens (including phenoxy) is 2. The molecule has 1 aromatic heterocycles. The lowest BCUT2D eigenvalue weighted by Crippen LogP contribution is -2.14. The number of benzene rings is 2. The molecule has 0 spiro atoms. The summed E-state index contributed by atoms with van der Waals surface area (Å²) in [7, 11) is 3.38. The Morgan fingerprint density at radius 2 is 1.61 bits per heavy atom. The van der Waals surface area contributed by atoms with Gasteiger partial charge in [-0.2, -0.15) is 0 Å². The maximum atomic E-state index is 5.84. The molecule has 0 unspecified atom stereocenters. The van der Waals surface area contributed by atoms with Crippen LogP contribution in [0.2, 0.25) is 0 Å². The molecule has 28 heavy (non-hydrogen) atoms. The van der Waals surface area contributed by atoms with E-state index in [1.165, 1.54) is 0 Å². The lowest BCUT2D eigenvalue weighted by Gasteiger charge is -2.25. The van der Waals surface area contributed by atoms with E-state index in [4.69, 9.17) is 9.47 Å². The van der Waals surface area contributed by atoms with Gasteiger partial charge in [-0.15, -0.1) is 0 Å². The summed E-state index contributed by atoms with van der Waals surface area (Å²) in [5.74, 6) is 1.51. The molecule has 3 heteroatoms. The van der Waals surface area contributed by atoms with Crippen LogP contribution < -0.4 is 9.47 Å². The predicted octanol–water partition coefficient (Wildman–Crippen LogP) is 6.23. The zero-order chi connectivity index (χ0) is 20.1. The van der Waals surface area contributed by atoms with Crippen LogP contribution in [0.25, 0.3) is 23.3 Å². The molecule has 3 rings (SSSR count). The van der Waals surface area contributed by atoms with Crippen molar-refractivity contribution in [3.8, 4) is 22.8 Å². The summed E-state index contributed by atoms with van der Waals surface area (Å²) in [6.07, 6.45) is 5.96. The van der Waals surface area contributed by atoms with E-state index in [-0.39, 0.29) is 5.41 Å². The van der Waals surface area contributed by atoms with E-state index in [1.807, 2.05) is 30.3 Å². The van der Waals surface area contributed by atoms with Gasteiger partial charge in [0.25, 0.3) is 0 Å². The third-order valence-corrected chi connectivity index (χ3v) is 4.66. The quantitative estimate of drug-likeness (QED) is 0.497. The fraction of sp³-hybridized carbons (Fsp3) is 0.240. The molecule has 144 valence electrons. The molecule has 0 aliphatic carbocycles. The van der Waals surface area contributed by atoms with Crippen molar-refractivity contribution in [3.05, 3.63) is 77.5 Å². The van der Waals surface area contributed by atoms with Gasteiger partial charge in [0.05, 0.1) is 14.2 Å². The number of aromatic nitrogens is 1. The van der Waals surface area contributed by atoms with Gasteiger partial charge in [0.15, 0.2) is 0 Å². The standard InChI is InChI=1S/C25H27NO2/c1-25(2,3)22-17-20(21-12-9-15-26-24(21)28-5)16-19(23(22)27-4)14-13-18-10-7-6-8-11-18/h6-17H,1-5H3. The molecule has 0 amide bonds. The first-order valence-electron chi connectivity index (χ1n) is 9.39. The fourth-order valence-corrected chi connectivity index (χ4v) is 3.24. The third kappa shape index (κ3) is 4.25. The molecule has 0 saturated carbocycles. The van der Waals surface area contributed by atoms with E-state index >= 15 is 0 Å². The molecular weight excluding hydrogens is 346 g/mol. The number of rotatable bonds is 5. The molecule has 0 N–H and O–H groups in total. The lowest BCUT2D eigenvalue weighted by atomic mass is 9.83. The summed E-state index contributed by atoms with van der Waals surface area (Å²) in [5, 5.41) is 0. The number of nitrogens with zero attached hydrogens (tertiary/aromatic N) is 1. The summed E-state index contributed by atoms with van der Waals surface area (Å²) >= 11 is 0. The fourth-order valence-electron chi connectivity index (χ4n) is 3.24. The van der Waals surface area contributed by atoms with Crippen LogP contribution in [0.5, 0.6) is 11.6 Å². The summed E-state index contributed by atoms with van der Waals surface area (Å²) in [4.78, 5) is 4.36. The Labute approximate surface area is 167 Å². The second-order valence-electron chi connectivity index (χ2n) is 7.70. The van der Waals surface area contributed by atoms with E-state index in [1.54, 1.807) is 20.4 Å². The minimum Gasteiger partial charge on any atom is -0.496 e. The molecule has 0 atom stereocenters. The van der Waals surface area contributed by atoms with Crippen molar-refractivity contribution in [3.63, 3.8) is 0 Å². The Hall–Kier alpha value is -3.07. The molecule has 0 bridgehead atoms. The van der Waals surface area contributed by atoms with E-state index < -0.39 is 0 Å². The summed E-state index contributed by atoms with van der Waals surface area (Å²) in [6.45, 7) is 6.58. The van der Waals surface area contributed by atoms with Gasteiger partial charge in [-0.25, -0.2) is 4.98 Å². The number of pyridine rings is 1. The van der Waals surface area contributed by atoms with Crippen LogP contribution in [0.4, 0.5) is 0 Å². The van der Waals surface area contributed by atoms with Gasteiger partial charge in [-0.1, -0.05) is 63.3 Å². The molecule has 2 aromatic carbocycles. The van der Waals surface area contributed by atoms with Crippen LogP contribution in [0.3, 0.4) is 0 Å². The highest BCUT2D eigenvalue weighted by Crippen LogP contribution is 2.40. The van der Waals surface area contributed by atoms with Crippen LogP contribution in [-0.2, 0) is 5.41 Å². The van der Waals surface area contributed by atoms with E-state index in [2.05, 4.69) is 62.2 Å². The van der Waals surface area contributed by atoms with Crippen molar-refractivity contribution in [1.82, 2.24) is 4.98 Å². The molecule has 0 radical (unpaired) electrons. The van der Waals surface area contributed by atoms with Crippen LogP contribution in [-0.4, -0.2) is 19.2 Å². The average Bonchev–Trinajstić information content (AvgIpc) is 2.71. The van der Waals surface area contributed by atoms with Gasteiger partial charge in [-0.05, 0) is 40.8 Å². The Balaban J connectivity index is 2.21. The van der Waals surface area contributed by atoms with Crippen molar-refractivity contribution in [1.29, 1.82) is 0 Å². The average molecular weight is 373 g/mol. The van der Waals surface area contributed by atoms with Gasteiger partial charge in [0.2, 0.25) is 5.88 Å². The number of hydrogen-bond donors (Lipinski definition) is 0. The Bertz CT molecular complexity index is 970. The SMILES string of the molecule is COc1ncccc1-c1cc(C=Cc2ccccc2)c(OC)c(C(C)(C)C)c1. The molecule has 1 heterocycles. The van der Waals surface area contributed by atoms with Crippen molar-refractivity contribution < 1.29 is 9.47 Å². The first kappa shape index (κ1) is 19.7. The van der Waals surface area contributed by atoms with Crippen LogP contribution in [0, 0.1) is 0 Å². The van der Waals surface area contributed by atoms with Gasteiger partial charge >= 0.3 is 0 Å². The van der Waals surface area contributed by atoms with Gasteiger partial charge in [-0.3, -0.25) is 0 Å². The van der Waals surface area contributed by atoms with Crippen molar-refractivity contribution in [2.45, 2.75) is 26.2 Å². The minimum absolute atomic E-state index is 0.0772. The highest BCUT2D eigenvalue weighted by molar-refractivity contribution is 5.80. The van der Waals surface area contributed by atoms with Crippen LogP contribution in [0.1, 0.15) is 37.5 Å². The first-order chi connectivity index (χ1) is 13.4. The number of methoxy groups -OCH3 is 2. The zero-order valence-corrected chi connectivity index (χ0v) is 17.2. The van der Waals surface area contributed by atoms with Crippen molar-refractivity contribution in [2.75, 3.05) is 14.2 Å². The van der Waals surface area contributed by atoms with Crippen molar-refractivity contribution >= 4 is 12.2 Å². The molecule has 0 aliphatic heterocycles. The normalized spacial score (nSPS) is 11.6. The van der Waals surface area contributed by atoms with Crippen molar-refractivity contribution in [2.24, 2.45) is 0 Å². The second-order valence-corrected chi connectivity index (χ2v) is 7.70. The summed E-state index contributed by atoms with van der Waals surface area (Å²) in [6, 6.07) is 18.5. The Kier molecular flexibility index (Phi) is 5.84. The maximum Gasteiger partial charge on any atom is 0.221 e. The monoisotopic (exact) mass is 373 g/mol. The van der Waals surface area contributed by atoms with Crippen LogP contribution in [0.15, 0.2) is 60.8 Å².